The van der Waals surface area contributed by atoms with Crippen LogP contribution in [0.1, 0.15) is 42.9 Å². The van der Waals surface area contributed by atoms with Gasteiger partial charge in [-0.15, -0.1) is 0 Å². The summed E-state index contributed by atoms with van der Waals surface area (Å²) in [6, 6.07) is 10.1. The fourth-order valence-corrected chi connectivity index (χ4v) is 2.71. The maximum Gasteiger partial charge on any atom is 0.274 e. The molecule has 2 aromatic heterocycles. The van der Waals surface area contributed by atoms with E-state index in [0.29, 0.717) is 35.8 Å². The van der Waals surface area contributed by atoms with Gasteiger partial charge in [-0.3, -0.25) is 9.20 Å². The zero-order valence-corrected chi connectivity index (χ0v) is 15.0. The molecular weight excluding hydrogens is 333 g/mol. The monoisotopic (exact) mass is 355 g/mol. The summed E-state index contributed by atoms with van der Waals surface area (Å²) in [7, 11) is 0. The number of pyridine rings is 1. The number of nitrogens with one attached hydrogen (secondary N) is 1. The number of hydrogen-bond acceptors (Lipinski definition) is 3. The van der Waals surface area contributed by atoms with E-state index >= 15 is 0 Å². The highest BCUT2D eigenvalue weighted by Crippen LogP contribution is 2.19. The molecule has 0 saturated carbocycles. The normalized spacial score (nSPS) is 10.9. The number of aryl methyl sites for hydroxylation is 1. The summed E-state index contributed by atoms with van der Waals surface area (Å²) < 4.78 is 20.7. The van der Waals surface area contributed by atoms with E-state index in [1.165, 1.54) is 16.7 Å². The Morgan fingerprint density at radius 1 is 1.19 bits per heavy atom. The topological polar surface area (TPSA) is 55.6 Å². The van der Waals surface area contributed by atoms with Gasteiger partial charge in [-0.2, -0.15) is 0 Å². The molecule has 0 aliphatic heterocycles. The van der Waals surface area contributed by atoms with Crippen molar-refractivity contribution in [3.63, 3.8) is 0 Å². The Hall–Kier alpha value is -2.89. The first-order valence-corrected chi connectivity index (χ1v) is 8.83. The summed E-state index contributed by atoms with van der Waals surface area (Å²) in [5.41, 5.74) is 2.18. The number of halogens is 1. The Morgan fingerprint density at radius 2 is 1.96 bits per heavy atom. The molecule has 0 aliphatic carbocycles. The van der Waals surface area contributed by atoms with E-state index in [2.05, 4.69) is 17.2 Å². The van der Waals surface area contributed by atoms with Crippen molar-refractivity contribution in [1.29, 1.82) is 0 Å². The van der Waals surface area contributed by atoms with Crippen LogP contribution in [0, 0.1) is 5.82 Å². The molecule has 1 N–H and O–H groups in total. The molecule has 3 rings (SSSR count). The SMILES string of the molecule is CCCCOc1ccc(NC(=O)c2c(CC)nc3ccc(F)cn23)cc1. The van der Waals surface area contributed by atoms with Crippen LogP contribution >= 0.6 is 0 Å². The smallest absolute Gasteiger partial charge is 0.274 e. The molecule has 26 heavy (non-hydrogen) atoms. The molecule has 0 bridgehead atoms. The highest BCUT2D eigenvalue weighted by molar-refractivity contribution is 6.04. The van der Waals surface area contributed by atoms with E-state index < -0.39 is 5.82 Å². The number of unbranched alkanes of at least 4 members (excludes halogenated alkanes) is 1. The summed E-state index contributed by atoms with van der Waals surface area (Å²) >= 11 is 0. The molecule has 136 valence electrons. The lowest BCUT2D eigenvalue weighted by Gasteiger charge is -2.09. The Balaban J connectivity index is 1.79. The number of imidazole rings is 1. The molecule has 0 aliphatic rings. The van der Waals surface area contributed by atoms with Crippen molar-refractivity contribution >= 4 is 17.2 Å². The number of nitrogens with zero attached hydrogens (tertiary/aromatic N) is 2. The lowest BCUT2D eigenvalue weighted by Crippen LogP contribution is -2.16. The minimum Gasteiger partial charge on any atom is -0.494 e. The van der Waals surface area contributed by atoms with Gasteiger partial charge in [-0.25, -0.2) is 9.37 Å². The standard InChI is InChI=1S/C20H22FN3O2/c1-3-5-12-26-16-9-7-15(8-10-16)22-20(25)19-17(4-2)23-18-11-6-14(21)13-24(18)19/h6-11,13H,3-5,12H2,1-2H3,(H,22,25). The summed E-state index contributed by atoms with van der Waals surface area (Å²) in [5.74, 6) is 0.0300. The molecule has 1 aromatic carbocycles. The molecule has 5 nitrogen and oxygen atoms in total. The third-order valence-electron chi connectivity index (χ3n) is 4.08. The first-order chi connectivity index (χ1) is 12.6. The van der Waals surface area contributed by atoms with Gasteiger partial charge in [0.05, 0.1) is 12.3 Å². The van der Waals surface area contributed by atoms with Crippen LogP contribution in [0.25, 0.3) is 5.65 Å². The summed E-state index contributed by atoms with van der Waals surface area (Å²) in [5, 5.41) is 2.85. The van der Waals surface area contributed by atoms with Crippen LogP contribution in [0.15, 0.2) is 42.6 Å². The van der Waals surface area contributed by atoms with Crippen molar-refractivity contribution in [3.8, 4) is 5.75 Å². The Morgan fingerprint density at radius 3 is 2.65 bits per heavy atom. The van der Waals surface area contributed by atoms with Crippen molar-refractivity contribution in [2.45, 2.75) is 33.1 Å². The number of ether oxygens (including phenoxy) is 1. The van der Waals surface area contributed by atoms with Crippen LogP contribution in [0.4, 0.5) is 10.1 Å². The molecule has 2 heterocycles. The van der Waals surface area contributed by atoms with Gasteiger partial charge in [0, 0.05) is 11.9 Å². The second kappa shape index (κ2) is 7.99. The van der Waals surface area contributed by atoms with Gasteiger partial charge in [0.15, 0.2) is 0 Å². The minimum atomic E-state index is -0.416. The Labute approximate surface area is 151 Å². The third kappa shape index (κ3) is 3.85. The van der Waals surface area contributed by atoms with Crippen LogP contribution in [0.2, 0.25) is 0 Å². The van der Waals surface area contributed by atoms with Crippen molar-refractivity contribution < 1.29 is 13.9 Å². The molecule has 0 atom stereocenters. The van der Waals surface area contributed by atoms with Crippen LogP contribution in [0.5, 0.6) is 5.75 Å². The van der Waals surface area contributed by atoms with Gasteiger partial charge in [0.2, 0.25) is 0 Å². The second-order valence-electron chi connectivity index (χ2n) is 6.02. The Bertz CT molecular complexity index is 903. The molecule has 0 unspecified atom stereocenters. The van der Waals surface area contributed by atoms with E-state index in [4.69, 9.17) is 4.74 Å². The number of anilines is 1. The van der Waals surface area contributed by atoms with Crippen molar-refractivity contribution in [2.75, 3.05) is 11.9 Å². The summed E-state index contributed by atoms with van der Waals surface area (Å²) in [6.45, 7) is 4.70. The predicted molar refractivity (Wildman–Crippen MR) is 99.3 cm³/mol. The van der Waals surface area contributed by atoms with E-state index in [1.807, 2.05) is 19.1 Å². The number of fused-ring (bicyclic) bond motifs is 1. The quantitative estimate of drug-likeness (QED) is 0.636. The maximum atomic E-state index is 13.6. The lowest BCUT2D eigenvalue weighted by molar-refractivity contribution is 0.102. The molecule has 6 heteroatoms. The Kier molecular flexibility index (Phi) is 5.51. The molecule has 3 aromatic rings. The van der Waals surface area contributed by atoms with Gasteiger partial charge in [0.1, 0.15) is 22.9 Å². The number of amides is 1. The molecule has 0 saturated heterocycles. The van der Waals surface area contributed by atoms with Gasteiger partial charge in [-0.1, -0.05) is 20.3 Å². The number of aromatic nitrogens is 2. The first kappa shape index (κ1) is 17.9. The third-order valence-corrected chi connectivity index (χ3v) is 4.08. The first-order valence-electron chi connectivity index (χ1n) is 8.83. The number of carbonyl (C=O) groups is 1. The predicted octanol–water partition coefficient (Wildman–Crippen LogP) is 4.47. The fraction of sp³-hybridized carbons (Fsp3) is 0.300. The zero-order chi connectivity index (χ0) is 18.5. The van der Waals surface area contributed by atoms with Gasteiger partial charge in [-0.05, 0) is 49.2 Å². The molecule has 0 spiro atoms. The van der Waals surface area contributed by atoms with Crippen LogP contribution < -0.4 is 10.1 Å². The molecular formula is C20H22FN3O2. The highest BCUT2D eigenvalue weighted by Gasteiger charge is 2.18. The van der Waals surface area contributed by atoms with Gasteiger partial charge < -0.3 is 10.1 Å². The van der Waals surface area contributed by atoms with Gasteiger partial charge in [0.25, 0.3) is 5.91 Å². The highest BCUT2D eigenvalue weighted by atomic mass is 19.1. The molecule has 0 radical (unpaired) electrons. The van der Waals surface area contributed by atoms with E-state index in [9.17, 15) is 9.18 Å². The minimum absolute atomic E-state index is 0.320. The van der Waals surface area contributed by atoms with Gasteiger partial charge >= 0.3 is 0 Å². The largest absolute Gasteiger partial charge is 0.494 e. The van der Waals surface area contributed by atoms with Crippen LogP contribution in [-0.2, 0) is 6.42 Å². The average molecular weight is 355 g/mol. The van der Waals surface area contributed by atoms with E-state index in [-0.39, 0.29) is 5.91 Å². The van der Waals surface area contributed by atoms with Crippen molar-refractivity contribution in [2.24, 2.45) is 0 Å². The van der Waals surface area contributed by atoms with Crippen LogP contribution in [0.3, 0.4) is 0 Å². The van der Waals surface area contributed by atoms with Crippen molar-refractivity contribution in [1.82, 2.24) is 9.38 Å². The lowest BCUT2D eigenvalue weighted by atomic mass is 10.2. The van der Waals surface area contributed by atoms with E-state index in [0.717, 1.165) is 18.6 Å². The van der Waals surface area contributed by atoms with Crippen LogP contribution in [-0.4, -0.2) is 21.9 Å². The fourth-order valence-electron chi connectivity index (χ4n) is 2.71. The number of rotatable bonds is 7. The average Bonchev–Trinajstić information content (AvgIpc) is 3.01. The number of benzene rings is 1. The van der Waals surface area contributed by atoms with E-state index in [1.54, 1.807) is 18.2 Å². The molecule has 0 fully saturated rings. The maximum absolute atomic E-state index is 13.6. The zero-order valence-electron chi connectivity index (χ0n) is 15.0. The summed E-state index contributed by atoms with van der Waals surface area (Å²) in [6.07, 6.45) is 3.94. The number of carbonyl (C=O) groups excluding carboxylic acids is 1. The summed E-state index contributed by atoms with van der Waals surface area (Å²) in [4.78, 5) is 17.2. The number of hydrogen-bond donors (Lipinski definition) is 1. The molecule has 1 amide bonds. The second-order valence-corrected chi connectivity index (χ2v) is 6.02. The van der Waals surface area contributed by atoms with Crippen molar-refractivity contribution in [3.05, 3.63) is 59.8 Å².